The molecular formula is C20H21N7. The summed E-state index contributed by atoms with van der Waals surface area (Å²) in [6.45, 7) is 2.13. The lowest BCUT2D eigenvalue weighted by atomic mass is 10.1. The van der Waals surface area contributed by atoms with Crippen molar-refractivity contribution in [3.05, 3.63) is 53.6 Å². The molecule has 7 nitrogen and oxygen atoms in total. The minimum absolute atomic E-state index is 0.353. The number of hydrogen-bond acceptors (Lipinski definition) is 6. The van der Waals surface area contributed by atoms with Gasteiger partial charge < -0.3 is 9.88 Å². The van der Waals surface area contributed by atoms with Crippen LogP contribution in [-0.2, 0) is 6.42 Å². The molecule has 0 aliphatic heterocycles. The average molecular weight is 359 g/mol. The molecule has 4 aromatic rings. The van der Waals surface area contributed by atoms with Crippen LogP contribution in [0.4, 0.5) is 11.6 Å². The normalized spacial score (nSPS) is 11.5. The van der Waals surface area contributed by atoms with Gasteiger partial charge in [-0.05, 0) is 41.8 Å². The van der Waals surface area contributed by atoms with Crippen molar-refractivity contribution in [1.82, 2.24) is 20.2 Å². The fourth-order valence-electron chi connectivity index (χ4n) is 2.91. The van der Waals surface area contributed by atoms with Crippen molar-refractivity contribution in [3.63, 3.8) is 0 Å². The van der Waals surface area contributed by atoms with E-state index in [4.69, 9.17) is 0 Å². The third-order valence-corrected chi connectivity index (χ3v) is 4.47. The third-order valence-electron chi connectivity index (χ3n) is 4.47. The number of anilines is 2. The van der Waals surface area contributed by atoms with E-state index in [1.165, 1.54) is 5.56 Å². The zero-order valence-corrected chi connectivity index (χ0v) is 15.6. The van der Waals surface area contributed by atoms with Crippen LogP contribution in [0.1, 0.15) is 18.1 Å². The Morgan fingerprint density at radius 2 is 1.93 bits per heavy atom. The maximum Gasteiger partial charge on any atom is 0.265 e. The van der Waals surface area contributed by atoms with Crippen LogP contribution in [0.2, 0.25) is 0 Å². The monoisotopic (exact) mass is 359 g/mol. The van der Waals surface area contributed by atoms with Crippen LogP contribution in [0, 0.1) is 0 Å². The Kier molecular flexibility index (Phi) is 4.42. The van der Waals surface area contributed by atoms with E-state index in [9.17, 15) is 0 Å². The highest BCUT2D eigenvalue weighted by atomic mass is 15.4. The molecule has 0 radical (unpaired) electrons. The minimum Gasteiger partial charge on any atom is -0.378 e. The van der Waals surface area contributed by atoms with E-state index in [-0.39, 0.29) is 0 Å². The Morgan fingerprint density at radius 1 is 1.11 bits per heavy atom. The largest absolute Gasteiger partial charge is 0.378 e. The van der Waals surface area contributed by atoms with Crippen LogP contribution in [0.5, 0.6) is 0 Å². The maximum absolute atomic E-state index is 4.48. The van der Waals surface area contributed by atoms with Crippen LogP contribution < -0.4 is 10.3 Å². The summed E-state index contributed by atoms with van der Waals surface area (Å²) in [6, 6.07) is 14.4. The average Bonchev–Trinajstić information content (AvgIpc) is 3.05. The molecule has 2 aromatic carbocycles. The standard InChI is InChI=1S/C20H21N7/c1-4-13-7-10-17-16(11-13)18-19(22-17)23-20(26-24-18)25-21-12-14-5-8-15(9-6-14)27(2)3/h5-12H,4H2,1-3H3,(H2,22,23,25,26)/b21-12-. The molecule has 27 heavy (non-hydrogen) atoms. The van der Waals surface area contributed by atoms with E-state index in [0.717, 1.165) is 34.1 Å². The Hall–Kier alpha value is -3.48. The predicted molar refractivity (Wildman–Crippen MR) is 111 cm³/mol. The van der Waals surface area contributed by atoms with Gasteiger partial charge in [-0.25, -0.2) is 5.43 Å². The molecule has 0 aliphatic carbocycles. The van der Waals surface area contributed by atoms with Crippen LogP contribution >= 0.6 is 0 Å². The Bertz CT molecular complexity index is 1110. The van der Waals surface area contributed by atoms with Gasteiger partial charge in [0, 0.05) is 30.7 Å². The first-order valence-electron chi connectivity index (χ1n) is 8.85. The van der Waals surface area contributed by atoms with Gasteiger partial charge in [0.2, 0.25) is 0 Å². The number of nitrogens with zero attached hydrogens (tertiary/aromatic N) is 5. The van der Waals surface area contributed by atoms with Gasteiger partial charge in [0.25, 0.3) is 5.95 Å². The molecule has 0 bridgehead atoms. The summed E-state index contributed by atoms with van der Waals surface area (Å²) in [7, 11) is 4.02. The first-order valence-corrected chi connectivity index (χ1v) is 8.85. The number of hydrogen-bond donors (Lipinski definition) is 2. The molecule has 0 amide bonds. The molecule has 0 fully saturated rings. The van der Waals surface area contributed by atoms with Crippen molar-refractivity contribution < 1.29 is 0 Å². The summed E-state index contributed by atoms with van der Waals surface area (Å²) in [6.07, 6.45) is 2.71. The quantitative estimate of drug-likeness (QED) is 0.420. The molecule has 2 heterocycles. The van der Waals surface area contributed by atoms with Gasteiger partial charge in [0.05, 0.1) is 6.21 Å². The van der Waals surface area contributed by atoms with Crippen molar-refractivity contribution in [2.45, 2.75) is 13.3 Å². The van der Waals surface area contributed by atoms with Crippen LogP contribution in [0.15, 0.2) is 47.6 Å². The number of benzene rings is 2. The summed E-state index contributed by atoms with van der Waals surface area (Å²) in [4.78, 5) is 9.81. The SMILES string of the molecule is CCc1ccc2[nH]c3nc(N/N=C\c4ccc(N(C)C)cc4)nnc3c2c1. The highest BCUT2D eigenvalue weighted by Crippen LogP contribution is 2.23. The van der Waals surface area contributed by atoms with Crippen molar-refractivity contribution >= 4 is 39.9 Å². The van der Waals surface area contributed by atoms with Crippen molar-refractivity contribution in [2.24, 2.45) is 5.10 Å². The van der Waals surface area contributed by atoms with Crippen LogP contribution in [0.25, 0.3) is 22.1 Å². The fourth-order valence-corrected chi connectivity index (χ4v) is 2.91. The van der Waals surface area contributed by atoms with Crippen LogP contribution in [0.3, 0.4) is 0 Å². The molecule has 136 valence electrons. The molecule has 2 aromatic heterocycles. The number of rotatable bonds is 5. The van der Waals surface area contributed by atoms with Crippen molar-refractivity contribution in [1.29, 1.82) is 0 Å². The Labute approximate surface area is 157 Å². The van der Waals surface area contributed by atoms with E-state index in [2.05, 4.69) is 60.7 Å². The molecule has 7 heteroatoms. The van der Waals surface area contributed by atoms with Gasteiger partial charge in [-0.15, -0.1) is 10.2 Å². The molecule has 0 unspecified atom stereocenters. The fraction of sp³-hybridized carbons (Fsp3) is 0.200. The van der Waals surface area contributed by atoms with E-state index < -0.39 is 0 Å². The van der Waals surface area contributed by atoms with E-state index >= 15 is 0 Å². The van der Waals surface area contributed by atoms with Gasteiger partial charge >= 0.3 is 0 Å². The molecule has 0 saturated heterocycles. The summed E-state index contributed by atoms with van der Waals surface area (Å²) < 4.78 is 0. The lowest BCUT2D eigenvalue weighted by Gasteiger charge is -2.11. The molecule has 0 atom stereocenters. The second-order valence-corrected chi connectivity index (χ2v) is 6.55. The minimum atomic E-state index is 0.353. The second-order valence-electron chi connectivity index (χ2n) is 6.55. The molecule has 4 rings (SSSR count). The zero-order valence-electron chi connectivity index (χ0n) is 15.6. The molecule has 0 saturated carbocycles. The topological polar surface area (TPSA) is 82.1 Å². The molecule has 0 aliphatic rings. The first-order chi connectivity index (χ1) is 13.1. The number of hydrazone groups is 1. The summed E-state index contributed by atoms with van der Waals surface area (Å²) >= 11 is 0. The zero-order chi connectivity index (χ0) is 18.8. The summed E-state index contributed by atoms with van der Waals surface area (Å²) in [5.41, 5.74) is 8.71. The molecule has 2 N–H and O–H groups in total. The van der Waals surface area contributed by atoms with Gasteiger partial charge in [0.15, 0.2) is 5.65 Å². The molecular weight excluding hydrogens is 338 g/mol. The Morgan fingerprint density at radius 3 is 2.67 bits per heavy atom. The number of nitrogens with one attached hydrogen (secondary N) is 2. The highest BCUT2D eigenvalue weighted by Gasteiger charge is 2.09. The molecule has 0 spiro atoms. The van der Waals surface area contributed by atoms with Crippen molar-refractivity contribution in [3.8, 4) is 0 Å². The number of H-pyrrole nitrogens is 1. The number of aryl methyl sites for hydroxylation is 1. The maximum atomic E-state index is 4.48. The van der Waals surface area contributed by atoms with Gasteiger partial charge in [-0.1, -0.05) is 25.1 Å². The number of aromatic amines is 1. The van der Waals surface area contributed by atoms with E-state index in [1.807, 2.05) is 38.4 Å². The predicted octanol–water partition coefficient (Wildman–Crippen LogP) is 3.58. The van der Waals surface area contributed by atoms with Gasteiger partial charge in [0.1, 0.15) is 5.52 Å². The Balaban J connectivity index is 1.54. The van der Waals surface area contributed by atoms with E-state index in [1.54, 1.807) is 6.21 Å². The van der Waals surface area contributed by atoms with Gasteiger partial charge in [-0.2, -0.15) is 10.1 Å². The van der Waals surface area contributed by atoms with E-state index in [0.29, 0.717) is 11.6 Å². The second kappa shape index (κ2) is 7.03. The first kappa shape index (κ1) is 17.0. The lowest BCUT2D eigenvalue weighted by Crippen LogP contribution is -2.08. The number of fused-ring (bicyclic) bond motifs is 3. The number of aromatic nitrogens is 4. The van der Waals surface area contributed by atoms with Crippen molar-refractivity contribution in [2.75, 3.05) is 24.4 Å². The summed E-state index contributed by atoms with van der Waals surface area (Å²) in [5.74, 6) is 0.353. The van der Waals surface area contributed by atoms with Gasteiger partial charge in [-0.3, -0.25) is 0 Å². The summed E-state index contributed by atoms with van der Waals surface area (Å²) in [5, 5.41) is 13.7. The highest BCUT2D eigenvalue weighted by molar-refractivity contribution is 6.03. The third kappa shape index (κ3) is 3.44. The lowest BCUT2D eigenvalue weighted by molar-refractivity contribution is 1.01. The van der Waals surface area contributed by atoms with Crippen LogP contribution in [-0.4, -0.2) is 40.5 Å². The smallest absolute Gasteiger partial charge is 0.265 e.